The summed E-state index contributed by atoms with van der Waals surface area (Å²) in [5, 5.41) is 2.56. The minimum Gasteiger partial charge on any atom is -0.323 e. The van der Waals surface area contributed by atoms with Gasteiger partial charge in [-0.1, -0.05) is 26.0 Å². The number of carbonyl (C=O) groups excluding carboxylic acids is 1. The van der Waals surface area contributed by atoms with Crippen molar-refractivity contribution in [1.82, 2.24) is 0 Å². The fraction of sp³-hybridized carbons (Fsp3) is 0.364. The zero-order valence-electron chi connectivity index (χ0n) is 8.60. The van der Waals surface area contributed by atoms with E-state index < -0.39 is 0 Å². The number of rotatable bonds is 2. The molecule has 1 amide bonds. The van der Waals surface area contributed by atoms with Crippen LogP contribution in [0.15, 0.2) is 18.2 Å². The first-order chi connectivity index (χ1) is 6.52. The Hall–Kier alpha value is -1.38. The summed E-state index contributed by atoms with van der Waals surface area (Å²) in [4.78, 5) is 11.3. The summed E-state index contributed by atoms with van der Waals surface area (Å²) in [5.41, 5.74) is 1.02. The molecule has 0 fully saturated rings. The van der Waals surface area contributed by atoms with Gasteiger partial charge in [-0.2, -0.15) is 0 Å². The second-order valence-corrected chi connectivity index (χ2v) is 3.58. The molecule has 1 N–H and O–H groups in total. The maximum Gasteiger partial charge on any atom is 0.227 e. The van der Waals surface area contributed by atoms with Crippen molar-refractivity contribution in [3.8, 4) is 0 Å². The highest BCUT2D eigenvalue weighted by Gasteiger charge is 2.11. The fourth-order valence-corrected chi connectivity index (χ4v) is 1.06. The molecule has 0 aromatic heterocycles. The van der Waals surface area contributed by atoms with E-state index in [9.17, 15) is 9.18 Å². The normalized spacial score (nSPS) is 10.4. The molecule has 0 saturated carbocycles. The van der Waals surface area contributed by atoms with Gasteiger partial charge in [0.2, 0.25) is 5.91 Å². The van der Waals surface area contributed by atoms with E-state index >= 15 is 0 Å². The Morgan fingerprint density at radius 2 is 2.07 bits per heavy atom. The number of carbonyl (C=O) groups is 1. The Morgan fingerprint density at radius 3 is 2.57 bits per heavy atom. The quantitative estimate of drug-likeness (QED) is 0.772. The number of halogens is 1. The van der Waals surface area contributed by atoms with Gasteiger partial charge in [0, 0.05) is 5.92 Å². The minimum absolute atomic E-state index is 0.144. The summed E-state index contributed by atoms with van der Waals surface area (Å²) in [6.45, 7) is 5.30. The molecule has 1 aromatic rings. The van der Waals surface area contributed by atoms with Crippen molar-refractivity contribution in [2.45, 2.75) is 20.8 Å². The molecule has 1 aromatic carbocycles. The first kappa shape index (κ1) is 10.7. The maximum absolute atomic E-state index is 13.3. The van der Waals surface area contributed by atoms with Crippen LogP contribution in [0.1, 0.15) is 19.4 Å². The van der Waals surface area contributed by atoms with Crippen LogP contribution in [0, 0.1) is 18.7 Å². The Bertz CT molecular complexity index is 327. The molecular formula is C11H14FNO. The summed E-state index contributed by atoms with van der Waals surface area (Å²) in [6.07, 6.45) is 0. The Morgan fingerprint density at radius 1 is 1.43 bits per heavy atom. The monoisotopic (exact) mass is 195 g/mol. The third-order valence-electron chi connectivity index (χ3n) is 1.99. The summed E-state index contributed by atoms with van der Waals surface area (Å²) < 4.78 is 13.3. The van der Waals surface area contributed by atoms with E-state index in [-0.39, 0.29) is 23.3 Å². The third kappa shape index (κ3) is 2.31. The van der Waals surface area contributed by atoms with Crippen molar-refractivity contribution >= 4 is 11.6 Å². The lowest BCUT2D eigenvalue weighted by Crippen LogP contribution is -2.19. The van der Waals surface area contributed by atoms with E-state index in [1.54, 1.807) is 32.9 Å². The molecule has 2 nitrogen and oxygen atoms in total. The van der Waals surface area contributed by atoms with Gasteiger partial charge >= 0.3 is 0 Å². The maximum atomic E-state index is 13.3. The van der Waals surface area contributed by atoms with Crippen molar-refractivity contribution in [3.63, 3.8) is 0 Å². The van der Waals surface area contributed by atoms with Gasteiger partial charge in [-0.3, -0.25) is 4.79 Å². The van der Waals surface area contributed by atoms with E-state index in [1.807, 2.05) is 0 Å². The van der Waals surface area contributed by atoms with E-state index in [1.165, 1.54) is 6.07 Å². The van der Waals surface area contributed by atoms with Crippen molar-refractivity contribution in [3.05, 3.63) is 29.6 Å². The van der Waals surface area contributed by atoms with Gasteiger partial charge < -0.3 is 5.32 Å². The topological polar surface area (TPSA) is 29.1 Å². The van der Waals surface area contributed by atoms with E-state index in [2.05, 4.69) is 5.32 Å². The number of aryl methyl sites for hydroxylation is 1. The number of benzene rings is 1. The number of hydrogen-bond donors (Lipinski definition) is 1. The second-order valence-electron chi connectivity index (χ2n) is 3.58. The average Bonchev–Trinajstić information content (AvgIpc) is 2.11. The Labute approximate surface area is 83.1 Å². The van der Waals surface area contributed by atoms with Crippen LogP contribution in [-0.4, -0.2) is 5.91 Å². The van der Waals surface area contributed by atoms with E-state index in [0.29, 0.717) is 0 Å². The van der Waals surface area contributed by atoms with Gasteiger partial charge in [0.25, 0.3) is 0 Å². The zero-order chi connectivity index (χ0) is 10.7. The van der Waals surface area contributed by atoms with E-state index in [0.717, 1.165) is 5.56 Å². The van der Waals surface area contributed by atoms with E-state index in [4.69, 9.17) is 0 Å². The van der Waals surface area contributed by atoms with Crippen molar-refractivity contribution in [2.75, 3.05) is 5.32 Å². The van der Waals surface area contributed by atoms with Gasteiger partial charge in [0.05, 0.1) is 5.69 Å². The van der Waals surface area contributed by atoms with Crippen LogP contribution in [0.5, 0.6) is 0 Å². The standard InChI is InChI=1S/C11H14FNO/c1-7(2)11(14)13-10-8(3)5-4-6-9(10)12/h4-7H,1-3H3,(H,13,14). The molecule has 3 heteroatoms. The lowest BCUT2D eigenvalue weighted by molar-refractivity contribution is -0.118. The molecule has 0 saturated heterocycles. The number of anilines is 1. The molecule has 1 rings (SSSR count). The highest BCUT2D eigenvalue weighted by Crippen LogP contribution is 2.19. The SMILES string of the molecule is Cc1cccc(F)c1NC(=O)C(C)C. The first-order valence-electron chi connectivity index (χ1n) is 4.58. The summed E-state index contributed by atoms with van der Waals surface area (Å²) >= 11 is 0. The molecule has 76 valence electrons. The Balaban J connectivity index is 2.91. The molecule has 0 heterocycles. The summed E-state index contributed by atoms with van der Waals surface area (Å²) in [6, 6.07) is 4.72. The molecule has 14 heavy (non-hydrogen) atoms. The number of para-hydroxylation sites is 1. The predicted octanol–water partition coefficient (Wildman–Crippen LogP) is 2.73. The molecular weight excluding hydrogens is 181 g/mol. The number of hydrogen-bond acceptors (Lipinski definition) is 1. The van der Waals surface area contributed by atoms with Gasteiger partial charge in [-0.25, -0.2) is 4.39 Å². The van der Waals surface area contributed by atoms with Crippen molar-refractivity contribution < 1.29 is 9.18 Å². The summed E-state index contributed by atoms with van der Waals surface area (Å²) in [5.74, 6) is -0.703. The van der Waals surface area contributed by atoms with Gasteiger partial charge in [-0.15, -0.1) is 0 Å². The molecule has 0 aliphatic carbocycles. The van der Waals surface area contributed by atoms with Crippen LogP contribution < -0.4 is 5.32 Å². The molecule has 0 unspecified atom stereocenters. The van der Waals surface area contributed by atoms with Gasteiger partial charge in [0.15, 0.2) is 0 Å². The van der Waals surface area contributed by atoms with Crippen LogP contribution in [-0.2, 0) is 4.79 Å². The molecule has 0 aliphatic rings. The average molecular weight is 195 g/mol. The number of nitrogens with one attached hydrogen (secondary N) is 1. The van der Waals surface area contributed by atoms with Crippen molar-refractivity contribution in [2.24, 2.45) is 5.92 Å². The first-order valence-corrected chi connectivity index (χ1v) is 4.58. The number of amides is 1. The highest BCUT2D eigenvalue weighted by atomic mass is 19.1. The lowest BCUT2D eigenvalue weighted by atomic mass is 10.1. The molecule has 0 bridgehead atoms. The Kier molecular flexibility index (Phi) is 3.23. The highest BCUT2D eigenvalue weighted by molar-refractivity contribution is 5.92. The fourth-order valence-electron chi connectivity index (χ4n) is 1.06. The second kappa shape index (κ2) is 4.22. The minimum atomic E-state index is -0.390. The lowest BCUT2D eigenvalue weighted by Gasteiger charge is -2.10. The van der Waals surface area contributed by atoms with Gasteiger partial charge in [-0.05, 0) is 18.6 Å². The van der Waals surface area contributed by atoms with Crippen LogP contribution in [0.3, 0.4) is 0 Å². The van der Waals surface area contributed by atoms with Crippen LogP contribution in [0.4, 0.5) is 10.1 Å². The van der Waals surface area contributed by atoms with Gasteiger partial charge in [0.1, 0.15) is 5.82 Å². The third-order valence-corrected chi connectivity index (χ3v) is 1.99. The molecule has 0 radical (unpaired) electrons. The van der Waals surface area contributed by atoms with Crippen LogP contribution in [0.25, 0.3) is 0 Å². The smallest absolute Gasteiger partial charge is 0.227 e. The van der Waals surface area contributed by atoms with Crippen molar-refractivity contribution in [1.29, 1.82) is 0 Å². The van der Waals surface area contributed by atoms with Crippen LogP contribution >= 0.6 is 0 Å². The molecule has 0 aliphatic heterocycles. The predicted molar refractivity (Wildman–Crippen MR) is 54.6 cm³/mol. The summed E-state index contributed by atoms with van der Waals surface area (Å²) in [7, 11) is 0. The van der Waals surface area contributed by atoms with Crippen LogP contribution in [0.2, 0.25) is 0 Å². The zero-order valence-corrected chi connectivity index (χ0v) is 8.60. The largest absolute Gasteiger partial charge is 0.323 e. The molecule has 0 spiro atoms. The molecule has 0 atom stereocenters.